The summed E-state index contributed by atoms with van der Waals surface area (Å²) in [5.74, 6) is -0.364. The smallest absolute Gasteiger partial charge is 0.291 e. The Hall–Kier alpha value is -4.44. The zero-order valence-electron chi connectivity index (χ0n) is 22.2. The van der Waals surface area contributed by atoms with Crippen LogP contribution in [0.2, 0.25) is 0 Å². The first-order valence-corrected chi connectivity index (χ1v) is 14.1. The van der Waals surface area contributed by atoms with Crippen LogP contribution >= 0.6 is 15.9 Å². The fourth-order valence-electron chi connectivity index (χ4n) is 5.79. The lowest BCUT2D eigenvalue weighted by Crippen LogP contribution is -2.47. The maximum atomic E-state index is 13.2. The van der Waals surface area contributed by atoms with Gasteiger partial charge in [0, 0.05) is 54.1 Å². The van der Waals surface area contributed by atoms with Crippen LogP contribution < -0.4 is 21.1 Å². The van der Waals surface area contributed by atoms with Gasteiger partial charge in [-0.15, -0.1) is 0 Å². The summed E-state index contributed by atoms with van der Waals surface area (Å²) in [5, 5.41) is 5.78. The van der Waals surface area contributed by atoms with Gasteiger partial charge in [0.05, 0.1) is 11.4 Å². The standard InChI is InChI=1S/C31H27BrN4O5/c1-18(37)20-4-2-5-23(13-20)33-30(39)21-8-9-26(24(14-21)34-31(40)27-10-11-28(32)41-27)35-15-19-12-22(17-35)25-6-3-7-29(38)36(25)16-19/h2-11,13-14,19,22H,12,15-17H2,1H3,(H,33,39)(H,34,40)/t19-,22+/m1/s1. The molecule has 4 aromatic rings. The number of amides is 2. The third-order valence-corrected chi connectivity index (χ3v) is 8.08. The number of aromatic nitrogens is 1. The van der Waals surface area contributed by atoms with Crippen molar-refractivity contribution in [1.29, 1.82) is 0 Å². The molecule has 1 fully saturated rings. The molecule has 2 bridgehead atoms. The van der Waals surface area contributed by atoms with Crippen LogP contribution in [0, 0.1) is 5.92 Å². The number of carbonyl (C=O) groups is 3. The van der Waals surface area contributed by atoms with Crippen molar-refractivity contribution in [2.45, 2.75) is 25.8 Å². The van der Waals surface area contributed by atoms with E-state index in [1.807, 2.05) is 16.7 Å². The lowest BCUT2D eigenvalue weighted by molar-refractivity contribution is 0.0991. The summed E-state index contributed by atoms with van der Waals surface area (Å²) in [5.41, 5.74) is 3.62. The van der Waals surface area contributed by atoms with Gasteiger partial charge in [-0.3, -0.25) is 19.2 Å². The molecule has 0 aliphatic carbocycles. The zero-order valence-corrected chi connectivity index (χ0v) is 23.8. The maximum absolute atomic E-state index is 13.2. The summed E-state index contributed by atoms with van der Waals surface area (Å²) in [6.07, 6.45) is 0.988. The molecule has 2 amide bonds. The molecule has 2 aromatic carbocycles. The van der Waals surface area contributed by atoms with E-state index in [1.165, 1.54) is 6.92 Å². The van der Waals surface area contributed by atoms with Crippen molar-refractivity contribution >= 4 is 50.6 Å². The third kappa shape index (κ3) is 5.47. The van der Waals surface area contributed by atoms with E-state index >= 15 is 0 Å². The Morgan fingerprint density at radius 1 is 0.878 bits per heavy atom. The van der Waals surface area contributed by atoms with E-state index in [1.54, 1.807) is 60.7 Å². The Morgan fingerprint density at radius 3 is 2.49 bits per heavy atom. The average Bonchev–Trinajstić information content (AvgIpc) is 3.40. The number of ketones is 1. The molecular weight excluding hydrogens is 588 g/mol. The van der Waals surface area contributed by atoms with E-state index in [9.17, 15) is 19.2 Å². The quantitative estimate of drug-likeness (QED) is 0.276. The van der Waals surface area contributed by atoms with E-state index in [0.717, 1.165) is 17.8 Å². The van der Waals surface area contributed by atoms with Crippen LogP contribution in [-0.2, 0) is 6.54 Å². The SMILES string of the molecule is CC(=O)c1cccc(NC(=O)c2ccc(N3C[C@H]4C[C@@H](C3)c3cccc(=O)n3C4)c(NC(=O)c3ccc(Br)o3)c2)c1. The number of fused-ring (bicyclic) bond motifs is 4. The Kier molecular flexibility index (Phi) is 7.08. The molecular formula is C31H27BrN4O5. The summed E-state index contributed by atoms with van der Waals surface area (Å²) in [4.78, 5) is 52.8. The van der Waals surface area contributed by atoms with E-state index in [0.29, 0.717) is 46.8 Å². The van der Waals surface area contributed by atoms with Crippen LogP contribution in [0.4, 0.5) is 17.1 Å². The van der Waals surface area contributed by atoms with Gasteiger partial charge in [0.25, 0.3) is 17.4 Å². The van der Waals surface area contributed by atoms with Crippen molar-refractivity contribution in [3.63, 3.8) is 0 Å². The van der Waals surface area contributed by atoms with Gasteiger partial charge in [-0.2, -0.15) is 0 Å². The van der Waals surface area contributed by atoms with Crippen molar-refractivity contribution in [3.05, 3.63) is 110 Å². The van der Waals surface area contributed by atoms with Crippen LogP contribution in [0.15, 0.2) is 86.7 Å². The van der Waals surface area contributed by atoms with Crippen LogP contribution in [0.3, 0.4) is 0 Å². The first kappa shape index (κ1) is 26.8. The second kappa shape index (κ2) is 10.9. The number of hydrogen-bond acceptors (Lipinski definition) is 6. The second-order valence-electron chi connectivity index (χ2n) is 10.5. The fourth-order valence-corrected chi connectivity index (χ4v) is 6.09. The molecule has 9 nitrogen and oxygen atoms in total. The van der Waals surface area contributed by atoms with E-state index in [4.69, 9.17) is 4.42 Å². The highest BCUT2D eigenvalue weighted by atomic mass is 79.9. The number of furan rings is 1. The number of carbonyl (C=O) groups excluding carboxylic acids is 3. The van der Waals surface area contributed by atoms with Crippen molar-refractivity contribution in [3.8, 4) is 0 Å². The Morgan fingerprint density at radius 2 is 1.71 bits per heavy atom. The molecule has 2 aromatic heterocycles. The van der Waals surface area contributed by atoms with E-state index in [2.05, 4.69) is 31.5 Å². The summed E-state index contributed by atoms with van der Waals surface area (Å²) in [6.45, 7) is 3.48. The molecule has 6 rings (SSSR count). The number of rotatable bonds is 6. The molecule has 208 valence electrons. The van der Waals surface area contributed by atoms with Crippen molar-refractivity contribution < 1.29 is 18.8 Å². The first-order valence-electron chi connectivity index (χ1n) is 13.3. The Bertz CT molecular complexity index is 1740. The number of benzene rings is 2. The highest BCUT2D eigenvalue weighted by molar-refractivity contribution is 9.10. The number of halogens is 1. The fraction of sp³-hybridized carbons (Fsp3) is 0.226. The van der Waals surface area contributed by atoms with Gasteiger partial charge in [0.2, 0.25) is 0 Å². The number of piperidine rings is 1. The summed E-state index contributed by atoms with van der Waals surface area (Å²) < 4.78 is 7.76. The third-order valence-electron chi connectivity index (χ3n) is 7.65. The van der Waals surface area contributed by atoms with Gasteiger partial charge in [0.15, 0.2) is 16.2 Å². The summed E-state index contributed by atoms with van der Waals surface area (Å²) in [6, 6.07) is 20.6. The minimum absolute atomic E-state index is 0.0208. The molecule has 2 atom stereocenters. The maximum Gasteiger partial charge on any atom is 0.291 e. The lowest BCUT2D eigenvalue weighted by atomic mass is 9.83. The normalized spacial score (nSPS) is 17.5. The molecule has 2 aliphatic heterocycles. The molecule has 2 N–H and O–H groups in total. The van der Waals surface area contributed by atoms with Crippen molar-refractivity contribution in [2.24, 2.45) is 5.92 Å². The van der Waals surface area contributed by atoms with Crippen molar-refractivity contribution in [1.82, 2.24) is 4.57 Å². The van der Waals surface area contributed by atoms with E-state index < -0.39 is 5.91 Å². The number of nitrogens with one attached hydrogen (secondary N) is 2. The number of nitrogens with zero attached hydrogens (tertiary/aromatic N) is 2. The van der Waals surface area contributed by atoms with Crippen LogP contribution in [0.5, 0.6) is 0 Å². The van der Waals surface area contributed by atoms with Crippen molar-refractivity contribution in [2.75, 3.05) is 28.6 Å². The minimum Gasteiger partial charge on any atom is -0.444 e. The number of hydrogen-bond donors (Lipinski definition) is 2. The van der Waals surface area contributed by atoms with E-state index in [-0.39, 0.29) is 34.8 Å². The molecule has 0 spiro atoms. The molecule has 1 saturated heterocycles. The van der Waals surface area contributed by atoms with Gasteiger partial charge in [0.1, 0.15) is 0 Å². The molecule has 41 heavy (non-hydrogen) atoms. The van der Waals surface area contributed by atoms with Gasteiger partial charge < -0.3 is 24.5 Å². The number of Topliss-reactive ketones (excluding diaryl/α,β-unsaturated/α-hetero) is 1. The minimum atomic E-state index is -0.447. The first-order chi connectivity index (χ1) is 19.7. The Labute approximate surface area is 244 Å². The molecule has 4 heterocycles. The molecule has 2 aliphatic rings. The highest BCUT2D eigenvalue weighted by Crippen LogP contribution is 2.39. The summed E-state index contributed by atoms with van der Waals surface area (Å²) in [7, 11) is 0. The molecule has 0 radical (unpaired) electrons. The lowest BCUT2D eigenvalue weighted by Gasteiger charge is -2.44. The molecule has 0 unspecified atom stereocenters. The van der Waals surface area contributed by atoms with Crippen LogP contribution in [0.1, 0.15) is 56.2 Å². The predicted molar refractivity (Wildman–Crippen MR) is 159 cm³/mol. The topological polar surface area (TPSA) is 114 Å². The largest absolute Gasteiger partial charge is 0.444 e. The molecule has 10 heteroatoms. The van der Waals surface area contributed by atoms with Gasteiger partial charge in [-0.25, -0.2) is 0 Å². The monoisotopic (exact) mass is 614 g/mol. The zero-order chi connectivity index (χ0) is 28.7. The average molecular weight is 615 g/mol. The predicted octanol–water partition coefficient (Wildman–Crippen LogP) is 5.53. The second-order valence-corrected chi connectivity index (χ2v) is 11.3. The number of pyridine rings is 1. The van der Waals surface area contributed by atoms with Gasteiger partial charge >= 0.3 is 0 Å². The van der Waals surface area contributed by atoms with Gasteiger partial charge in [-0.1, -0.05) is 18.2 Å². The van der Waals surface area contributed by atoms with Gasteiger partial charge in [-0.05, 0) is 83.7 Å². The molecule has 0 saturated carbocycles. The Balaban J connectivity index is 1.32. The summed E-state index contributed by atoms with van der Waals surface area (Å²) >= 11 is 3.23. The highest BCUT2D eigenvalue weighted by Gasteiger charge is 2.35. The van der Waals surface area contributed by atoms with Crippen LogP contribution in [0.25, 0.3) is 0 Å². The number of anilines is 3. The van der Waals surface area contributed by atoms with Crippen LogP contribution in [-0.4, -0.2) is 35.3 Å².